The standard InChI is InChI=1S/C18H25N3O2/c1-23-16-7-8-17-14(12-16)11-15(20-17)13-19-18(22)21-9-5-3-2-4-6-10-21/h7-8,11-12,20H,2-6,9-10,13H2,1H3,(H,19,22). The van der Waals surface area contributed by atoms with Crippen molar-refractivity contribution in [3.63, 3.8) is 0 Å². The van der Waals surface area contributed by atoms with E-state index in [0.717, 1.165) is 48.3 Å². The highest BCUT2D eigenvalue weighted by Gasteiger charge is 2.14. The molecule has 2 N–H and O–H groups in total. The van der Waals surface area contributed by atoms with Crippen LogP contribution in [0.5, 0.6) is 5.75 Å². The zero-order valence-electron chi connectivity index (χ0n) is 13.7. The summed E-state index contributed by atoms with van der Waals surface area (Å²) in [6.07, 6.45) is 5.98. The molecule has 5 heteroatoms. The molecule has 0 bridgehead atoms. The van der Waals surface area contributed by atoms with Crippen LogP contribution in [0.2, 0.25) is 0 Å². The molecule has 1 saturated heterocycles. The fraction of sp³-hybridized carbons (Fsp3) is 0.500. The van der Waals surface area contributed by atoms with Gasteiger partial charge in [-0.3, -0.25) is 0 Å². The van der Waals surface area contributed by atoms with Crippen molar-refractivity contribution in [1.29, 1.82) is 0 Å². The molecule has 1 aliphatic rings. The van der Waals surface area contributed by atoms with Crippen molar-refractivity contribution in [3.8, 4) is 5.75 Å². The molecule has 124 valence electrons. The number of nitrogens with zero attached hydrogens (tertiary/aromatic N) is 1. The summed E-state index contributed by atoms with van der Waals surface area (Å²) in [7, 11) is 1.67. The summed E-state index contributed by atoms with van der Waals surface area (Å²) in [5, 5.41) is 4.13. The van der Waals surface area contributed by atoms with Crippen LogP contribution in [0.4, 0.5) is 4.79 Å². The van der Waals surface area contributed by atoms with Gasteiger partial charge in [0.1, 0.15) is 5.75 Å². The normalized spacial score (nSPS) is 16.0. The number of carbonyl (C=O) groups excluding carboxylic acids is 1. The van der Waals surface area contributed by atoms with Gasteiger partial charge in [-0.05, 0) is 37.1 Å². The number of hydrogen-bond acceptors (Lipinski definition) is 2. The van der Waals surface area contributed by atoms with Crippen LogP contribution in [0.25, 0.3) is 10.9 Å². The van der Waals surface area contributed by atoms with Gasteiger partial charge in [-0.15, -0.1) is 0 Å². The number of aromatic amines is 1. The summed E-state index contributed by atoms with van der Waals surface area (Å²) in [4.78, 5) is 17.6. The predicted octanol–water partition coefficient (Wildman–Crippen LogP) is 3.65. The maximum atomic E-state index is 12.3. The molecule has 0 aliphatic carbocycles. The van der Waals surface area contributed by atoms with Crippen molar-refractivity contribution in [2.45, 2.75) is 38.6 Å². The van der Waals surface area contributed by atoms with E-state index in [0.29, 0.717) is 6.54 Å². The number of H-pyrrole nitrogens is 1. The Morgan fingerprint density at radius 2 is 1.91 bits per heavy atom. The minimum atomic E-state index is 0.0446. The first-order chi connectivity index (χ1) is 11.3. The van der Waals surface area contributed by atoms with Crippen LogP contribution in [0.15, 0.2) is 24.3 Å². The van der Waals surface area contributed by atoms with Gasteiger partial charge in [-0.1, -0.05) is 19.3 Å². The lowest BCUT2D eigenvalue weighted by Crippen LogP contribution is -2.41. The Kier molecular flexibility index (Phi) is 5.05. The quantitative estimate of drug-likeness (QED) is 0.908. The Hall–Kier alpha value is -2.17. The lowest BCUT2D eigenvalue weighted by atomic mass is 10.1. The summed E-state index contributed by atoms with van der Waals surface area (Å²) >= 11 is 0. The van der Waals surface area contributed by atoms with E-state index in [1.807, 2.05) is 23.1 Å². The Labute approximate surface area is 137 Å². The van der Waals surface area contributed by atoms with E-state index in [-0.39, 0.29) is 6.03 Å². The maximum absolute atomic E-state index is 12.3. The SMILES string of the molecule is COc1ccc2[nH]c(CNC(=O)N3CCCCCCC3)cc2c1. The minimum absolute atomic E-state index is 0.0446. The zero-order chi connectivity index (χ0) is 16.1. The predicted molar refractivity (Wildman–Crippen MR) is 91.7 cm³/mol. The summed E-state index contributed by atoms with van der Waals surface area (Å²) in [5.41, 5.74) is 2.06. The van der Waals surface area contributed by atoms with Crippen molar-refractivity contribution in [3.05, 3.63) is 30.0 Å². The largest absolute Gasteiger partial charge is 0.497 e. The molecule has 2 heterocycles. The number of methoxy groups -OCH3 is 1. The number of hydrogen-bond donors (Lipinski definition) is 2. The molecule has 0 unspecified atom stereocenters. The van der Waals surface area contributed by atoms with E-state index >= 15 is 0 Å². The van der Waals surface area contributed by atoms with Gasteiger partial charge in [-0.25, -0.2) is 4.79 Å². The average molecular weight is 315 g/mol. The fourth-order valence-corrected chi connectivity index (χ4v) is 3.13. The molecular weight excluding hydrogens is 290 g/mol. The summed E-state index contributed by atoms with van der Waals surface area (Å²) in [6.45, 7) is 2.26. The highest BCUT2D eigenvalue weighted by Crippen LogP contribution is 2.21. The number of carbonyl (C=O) groups is 1. The molecule has 2 amide bonds. The van der Waals surface area contributed by atoms with Crippen molar-refractivity contribution in [2.75, 3.05) is 20.2 Å². The van der Waals surface area contributed by atoms with Crippen LogP contribution in [-0.2, 0) is 6.54 Å². The second-order valence-corrected chi connectivity index (χ2v) is 6.16. The van der Waals surface area contributed by atoms with Crippen LogP contribution in [-0.4, -0.2) is 36.1 Å². The van der Waals surface area contributed by atoms with Crippen LogP contribution < -0.4 is 10.1 Å². The molecule has 2 aromatic rings. The number of aromatic nitrogens is 1. The van der Waals surface area contributed by atoms with Crippen molar-refractivity contribution < 1.29 is 9.53 Å². The van der Waals surface area contributed by atoms with Gasteiger partial charge < -0.3 is 19.9 Å². The first kappa shape index (κ1) is 15.7. The monoisotopic (exact) mass is 315 g/mol. The molecule has 1 aromatic heterocycles. The topological polar surface area (TPSA) is 57.4 Å². The lowest BCUT2D eigenvalue weighted by molar-refractivity contribution is 0.191. The second kappa shape index (κ2) is 7.40. The number of benzene rings is 1. The van der Waals surface area contributed by atoms with Crippen LogP contribution in [0.3, 0.4) is 0 Å². The van der Waals surface area contributed by atoms with Crippen LogP contribution in [0.1, 0.15) is 37.8 Å². The zero-order valence-corrected chi connectivity index (χ0v) is 13.7. The van der Waals surface area contributed by atoms with Gasteiger partial charge >= 0.3 is 6.03 Å². The van der Waals surface area contributed by atoms with Crippen LogP contribution >= 0.6 is 0 Å². The van der Waals surface area contributed by atoms with Gasteiger partial charge in [0.25, 0.3) is 0 Å². The third-order valence-electron chi connectivity index (χ3n) is 4.46. The number of urea groups is 1. The number of likely N-dealkylation sites (tertiary alicyclic amines) is 1. The van der Waals surface area contributed by atoms with Crippen molar-refractivity contribution >= 4 is 16.9 Å². The van der Waals surface area contributed by atoms with Crippen molar-refractivity contribution in [2.24, 2.45) is 0 Å². The molecule has 1 fully saturated rings. The third kappa shape index (κ3) is 3.97. The van der Waals surface area contributed by atoms with Gasteiger partial charge in [0.15, 0.2) is 0 Å². The molecular formula is C18H25N3O2. The first-order valence-electron chi connectivity index (χ1n) is 8.45. The van der Waals surface area contributed by atoms with E-state index in [9.17, 15) is 4.79 Å². The summed E-state index contributed by atoms with van der Waals surface area (Å²) in [5.74, 6) is 0.840. The summed E-state index contributed by atoms with van der Waals surface area (Å²) < 4.78 is 5.24. The number of fused-ring (bicyclic) bond motifs is 1. The molecule has 0 spiro atoms. The Balaban J connectivity index is 1.59. The maximum Gasteiger partial charge on any atom is 0.317 e. The Bertz CT molecular complexity index is 657. The highest BCUT2D eigenvalue weighted by molar-refractivity contribution is 5.82. The minimum Gasteiger partial charge on any atom is -0.497 e. The number of amides is 2. The van der Waals surface area contributed by atoms with Crippen molar-refractivity contribution in [1.82, 2.24) is 15.2 Å². The smallest absolute Gasteiger partial charge is 0.317 e. The molecule has 1 aliphatic heterocycles. The molecule has 1 aromatic carbocycles. The second-order valence-electron chi connectivity index (χ2n) is 6.16. The van der Waals surface area contributed by atoms with E-state index in [1.165, 1.54) is 19.3 Å². The summed E-state index contributed by atoms with van der Waals surface area (Å²) in [6, 6.07) is 8.03. The molecule has 5 nitrogen and oxygen atoms in total. The molecule has 0 atom stereocenters. The fourth-order valence-electron chi connectivity index (χ4n) is 3.13. The average Bonchev–Trinajstić information content (AvgIpc) is 2.94. The molecule has 23 heavy (non-hydrogen) atoms. The Morgan fingerprint density at radius 1 is 1.17 bits per heavy atom. The van der Waals surface area contributed by atoms with Gasteiger partial charge in [0.2, 0.25) is 0 Å². The number of rotatable bonds is 3. The van der Waals surface area contributed by atoms with Gasteiger partial charge in [-0.2, -0.15) is 0 Å². The third-order valence-corrected chi connectivity index (χ3v) is 4.46. The number of ether oxygens (including phenoxy) is 1. The first-order valence-corrected chi connectivity index (χ1v) is 8.45. The number of nitrogens with one attached hydrogen (secondary N) is 2. The lowest BCUT2D eigenvalue weighted by Gasteiger charge is -2.24. The Morgan fingerprint density at radius 3 is 2.65 bits per heavy atom. The molecule has 0 saturated carbocycles. The molecule has 0 radical (unpaired) electrons. The van der Waals surface area contributed by atoms with Gasteiger partial charge in [0.05, 0.1) is 13.7 Å². The van der Waals surface area contributed by atoms with E-state index in [1.54, 1.807) is 7.11 Å². The highest BCUT2D eigenvalue weighted by atomic mass is 16.5. The van der Waals surface area contributed by atoms with Crippen LogP contribution in [0, 0.1) is 0 Å². The molecule has 3 rings (SSSR count). The van der Waals surface area contributed by atoms with E-state index < -0.39 is 0 Å². The van der Waals surface area contributed by atoms with Gasteiger partial charge in [0, 0.05) is 29.7 Å². The van der Waals surface area contributed by atoms with E-state index in [2.05, 4.69) is 16.4 Å². The van der Waals surface area contributed by atoms with E-state index in [4.69, 9.17) is 4.74 Å².